The molecule has 2 aromatic rings. The fourth-order valence-corrected chi connectivity index (χ4v) is 1.22. The Balaban J connectivity index is 0.000000448. The lowest BCUT2D eigenvalue weighted by Crippen LogP contribution is -2.02. The predicted molar refractivity (Wildman–Crippen MR) is 92.6 cm³/mol. The number of nitrogens with zero attached hydrogens (tertiary/aromatic N) is 4. The smallest absolute Gasteiger partial charge is 0.257 e. The summed E-state index contributed by atoms with van der Waals surface area (Å²) in [6.45, 7) is 3.80. The van der Waals surface area contributed by atoms with Gasteiger partial charge >= 0.3 is 0 Å². The summed E-state index contributed by atoms with van der Waals surface area (Å²) in [7, 11) is 0. The molecule has 1 N–H and O–H groups in total. The Morgan fingerprint density at radius 1 is 0.759 bits per heavy atom. The van der Waals surface area contributed by atoms with Crippen LogP contribution in [0.4, 0.5) is 22.0 Å². The van der Waals surface area contributed by atoms with E-state index in [0.717, 1.165) is 12.7 Å². The molecule has 0 saturated carbocycles. The lowest BCUT2D eigenvalue weighted by Gasteiger charge is -2.00. The second-order valence-corrected chi connectivity index (χ2v) is 4.41. The molecule has 0 unspecified atom stereocenters. The van der Waals surface area contributed by atoms with Gasteiger partial charge in [0.15, 0.2) is 6.61 Å². The van der Waals surface area contributed by atoms with Crippen molar-refractivity contribution in [3.8, 4) is 29.6 Å². The molecular formula is C18H17F5N4O2. The summed E-state index contributed by atoms with van der Waals surface area (Å²) in [5.74, 6) is 3.12. The van der Waals surface area contributed by atoms with E-state index in [4.69, 9.17) is 9.84 Å². The summed E-state index contributed by atoms with van der Waals surface area (Å²) in [4.78, 5) is 11.9. The minimum Gasteiger partial charge on any atom is -0.462 e. The van der Waals surface area contributed by atoms with Crippen LogP contribution in [0.25, 0.3) is 0 Å². The molecule has 0 bridgehead atoms. The Bertz CT molecular complexity index is 848. The maximum Gasteiger partial charge on any atom is 0.257 e. The molecule has 0 aliphatic carbocycles. The van der Waals surface area contributed by atoms with Crippen molar-refractivity contribution in [3.05, 3.63) is 42.1 Å². The van der Waals surface area contributed by atoms with E-state index in [1.165, 1.54) is 0 Å². The molecule has 0 saturated heterocycles. The Hall–Kier alpha value is -3.31. The van der Waals surface area contributed by atoms with Gasteiger partial charge in [-0.05, 0) is 0 Å². The first kappa shape index (κ1) is 25.7. The van der Waals surface area contributed by atoms with E-state index in [1.54, 1.807) is 0 Å². The average molecular weight is 416 g/mol. The second kappa shape index (κ2) is 15.7. The van der Waals surface area contributed by atoms with Crippen LogP contribution in [0, 0.1) is 53.2 Å². The van der Waals surface area contributed by atoms with Gasteiger partial charge in [0.2, 0.25) is 11.6 Å². The van der Waals surface area contributed by atoms with Crippen molar-refractivity contribution in [1.29, 1.82) is 0 Å². The van der Waals surface area contributed by atoms with Gasteiger partial charge in [-0.15, -0.1) is 11.8 Å². The maximum atomic E-state index is 12.8. The van der Waals surface area contributed by atoms with Crippen LogP contribution < -0.4 is 4.74 Å². The first-order valence-electron chi connectivity index (χ1n) is 8.01. The van der Waals surface area contributed by atoms with Crippen molar-refractivity contribution in [2.75, 3.05) is 13.2 Å². The summed E-state index contributed by atoms with van der Waals surface area (Å²) in [6, 6.07) is 0. The van der Waals surface area contributed by atoms with Crippen LogP contribution in [0.2, 0.25) is 0 Å². The molecule has 0 fully saturated rings. The molecule has 0 amide bonds. The molecule has 156 valence electrons. The zero-order chi connectivity index (χ0) is 22.1. The molecule has 29 heavy (non-hydrogen) atoms. The van der Waals surface area contributed by atoms with Crippen LogP contribution in [0.3, 0.4) is 0 Å². The number of hydrogen-bond acceptors (Lipinski definition) is 6. The highest BCUT2D eigenvalue weighted by atomic mass is 19.2. The van der Waals surface area contributed by atoms with Gasteiger partial charge in [0.1, 0.15) is 19.3 Å². The van der Waals surface area contributed by atoms with Crippen molar-refractivity contribution < 1.29 is 31.8 Å². The molecule has 2 rings (SSSR count). The first-order valence-corrected chi connectivity index (χ1v) is 8.01. The number of aliphatic hydroxyl groups is 1. The first-order chi connectivity index (χ1) is 13.9. The topological polar surface area (TPSA) is 81.0 Å². The minimum atomic E-state index is -1.64. The molecule has 11 heteroatoms. The summed E-state index contributed by atoms with van der Waals surface area (Å²) < 4.78 is 65.6. The molecule has 2 heterocycles. The number of rotatable bonds is 2. The second-order valence-electron chi connectivity index (χ2n) is 4.41. The maximum absolute atomic E-state index is 12.8. The van der Waals surface area contributed by atoms with Gasteiger partial charge in [-0.25, -0.2) is 15.0 Å². The average Bonchev–Trinajstić information content (AvgIpc) is 2.72. The van der Waals surface area contributed by atoms with Crippen LogP contribution in [-0.4, -0.2) is 38.3 Å². The van der Waals surface area contributed by atoms with Gasteiger partial charge in [0.25, 0.3) is 23.7 Å². The van der Waals surface area contributed by atoms with Crippen LogP contribution >= 0.6 is 0 Å². The van der Waals surface area contributed by atoms with Crippen LogP contribution in [0.1, 0.15) is 26.7 Å². The van der Waals surface area contributed by atoms with E-state index >= 15 is 0 Å². The predicted octanol–water partition coefficient (Wildman–Crippen LogP) is 2.83. The highest BCUT2D eigenvalue weighted by Gasteiger charge is 2.11. The molecular weight excluding hydrogens is 399 g/mol. The fourth-order valence-electron chi connectivity index (χ4n) is 1.22. The Kier molecular flexibility index (Phi) is 13.9. The molecule has 6 nitrogen and oxygen atoms in total. The fraction of sp³-hybridized carbons (Fsp3) is 0.333. The van der Waals surface area contributed by atoms with Gasteiger partial charge in [0.05, 0.1) is 0 Å². The van der Waals surface area contributed by atoms with Crippen molar-refractivity contribution in [3.63, 3.8) is 0 Å². The lowest BCUT2D eigenvalue weighted by atomic mass is 10.5. The molecule has 0 aliphatic rings. The summed E-state index contributed by atoms with van der Waals surface area (Å²) >= 11 is 0. The number of ether oxygens (including phenoxy) is 1. The third-order valence-electron chi connectivity index (χ3n) is 2.38. The Morgan fingerprint density at radius 3 is 1.69 bits per heavy atom. The van der Waals surface area contributed by atoms with Crippen LogP contribution in [0.5, 0.6) is 5.88 Å². The lowest BCUT2D eigenvalue weighted by molar-refractivity contribution is 0.317. The quantitative estimate of drug-likeness (QED) is 0.461. The van der Waals surface area contributed by atoms with Gasteiger partial charge in [-0.1, -0.05) is 25.7 Å². The van der Waals surface area contributed by atoms with E-state index in [9.17, 15) is 22.0 Å². The van der Waals surface area contributed by atoms with Gasteiger partial charge < -0.3 is 9.84 Å². The van der Waals surface area contributed by atoms with E-state index in [-0.39, 0.29) is 13.2 Å². The van der Waals surface area contributed by atoms with Crippen molar-refractivity contribution in [1.82, 2.24) is 19.9 Å². The van der Waals surface area contributed by atoms with Gasteiger partial charge in [0, 0.05) is 12.8 Å². The number of aliphatic hydroxyl groups excluding tert-OH is 1. The van der Waals surface area contributed by atoms with Crippen LogP contribution in [-0.2, 0) is 0 Å². The molecule has 0 spiro atoms. The molecule has 2 aromatic heterocycles. The molecule has 0 atom stereocenters. The monoisotopic (exact) mass is 416 g/mol. The number of hydrogen-bond donors (Lipinski definition) is 1. The van der Waals surface area contributed by atoms with E-state index in [1.807, 2.05) is 13.8 Å². The Morgan fingerprint density at radius 2 is 1.24 bits per heavy atom. The summed E-state index contributed by atoms with van der Waals surface area (Å²) in [6.07, 6.45) is 3.01. The SMILES string of the molecule is CCC#CCO.CCC#CCOc1ncnc(F)c1F.Fc1ncnc(F)c1F. The van der Waals surface area contributed by atoms with E-state index < -0.39 is 35.4 Å². The molecule has 0 aliphatic heterocycles. The van der Waals surface area contributed by atoms with E-state index in [2.05, 4.69) is 43.6 Å². The highest BCUT2D eigenvalue weighted by Crippen LogP contribution is 2.13. The number of aromatic nitrogens is 4. The Labute approximate surface area is 164 Å². The van der Waals surface area contributed by atoms with E-state index in [0.29, 0.717) is 12.7 Å². The van der Waals surface area contributed by atoms with Gasteiger partial charge in [-0.3, -0.25) is 0 Å². The molecule has 0 radical (unpaired) electrons. The largest absolute Gasteiger partial charge is 0.462 e. The van der Waals surface area contributed by atoms with Gasteiger partial charge in [-0.2, -0.15) is 26.9 Å². The standard InChI is InChI=1S/C9H8F2N2O.C5H8O.C4HF3N2/c1-2-3-4-5-14-9-7(10)8(11)12-6-13-9;1-2-3-4-5-6;5-2-3(6)8-1-9-4(2)7/h6H,2,5H2,1H3;6H,2,5H2,1H3;1H. The summed E-state index contributed by atoms with van der Waals surface area (Å²) in [5, 5.41) is 8.02. The zero-order valence-electron chi connectivity index (χ0n) is 15.5. The van der Waals surface area contributed by atoms with Crippen molar-refractivity contribution >= 4 is 0 Å². The summed E-state index contributed by atoms with van der Waals surface area (Å²) in [5.41, 5.74) is 0. The van der Waals surface area contributed by atoms with Crippen LogP contribution in [0.15, 0.2) is 12.7 Å². The minimum absolute atomic E-state index is 0.00611. The normalized spacial score (nSPS) is 8.69. The zero-order valence-corrected chi connectivity index (χ0v) is 15.5. The third kappa shape index (κ3) is 11.2. The number of halogens is 5. The highest BCUT2D eigenvalue weighted by molar-refractivity contribution is 5.11. The van der Waals surface area contributed by atoms with Crippen molar-refractivity contribution in [2.45, 2.75) is 26.7 Å². The third-order valence-corrected chi connectivity index (χ3v) is 2.38. The molecule has 0 aromatic carbocycles. The van der Waals surface area contributed by atoms with Crippen molar-refractivity contribution in [2.24, 2.45) is 0 Å².